The quantitative estimate of drug-likeness (QED) is 0.642. The molecule has 5 rings (SSSR count). The van der Waals surface area contributed by atoms with Crippen molar-refractivity contribution in [3.63, 3.8) is 0 Å². The second-order valence-corrected chi connectivity index (χ2v) is 6.95. The summed E-state index contributed by atoms with van der Waals surface area (Å²) in [6.45, 7) is 0.205. The van der Waals surface area contributed by atoms with Crippen LogP contribution in [0.5, 0.6) is 11.5 Å². The molecule has 0 unspecified atom stereocenters. The highest BCUT2D eigenvalue weighted by molar-refractivity contribution is 7.99. The molecule has 1 N–H and O–H groups in total. The SMILES string of the molecule is O=C(Nc1ccc2c(c1)OCO2)N1c2ccccc2Sc2ccccc21. The highest BCUT2D eigenvalue weighted by Gasteiger charge is 2.28. The van der Waals surface area contributed by atoms with Gasteiger partial charge in [-0.05, 0) is 36.4 Å². The van der Waals surface area contributed by atoms with E-state index in [4.69, 9.17) is 9.47 Å². The van der Waals surface area contributed by atoms with E-state index in [9.17, 15) is 4.79 Å². The maximum Gasteiger partial charge on any atom is 0.331 e. The minimum absolute atomic E-state index is 0.205. The second-order valence-electron chi connectivity index (χ2n) is 5.87. The minimum Gasteiger partial charge on any atom is -0.454 e. The average Bonchev–Trinajstić information content (AvgIpc) is 3.13. The molecule has 0 radical (unpaired) electrons. The first-order valence-electron chi connectivity index (χ1n) is 8.16. The lowest BCUT2D eigenvalue weighted by Gasteiger charge is -2.31. The van der Waals surface area contributed by atoms with Gasteiger partial charge in [0.25, 0.3) is 0 Å². The van der Waals surface area contributed by atoms with Crippen LogP contribution in [0.2, 0.25) is 0 Å². The zero-order valence-corrected chi connectivity index (χ0v) is 14.5. The predicted octanol–water partition coefficient (Wildman–Crippen LogP) is 5.25. The number of nitrogens with one attached hydrogen (secondary N) is 1. The molecule has 3 aromatic rings. The number of ether oxygens (including phenoxy) is 2. The Labute approximate surface area is 154 Å². The second kappa shape index (κ2) is 6.00. The van der Waals surface area contributed by atoms with Crippen LogP contribution in [-0.4, -0.2) is 12.8 Å². The summed E-state index contributed by atoms with van der Waals surface area (Å²) in [5.74, 6) is 1.32. The number of amides is 2. The van der Waals surface area contributed by atoms with Gasteiger partial charge in [-0.2, -0.15) is 0 Å². The lowest BCUT2D eigenvalue weighted by Crippen LogP contribution is -2.32. The van der Waals surface area contributed by atoms with Gasteiger partial charge in [-0.1, -0.05) is 36.0 Å². The number of anilines is 3. The molecule has 2 aliphatic heterocycles. The molecule has 2 heterocycles. The lowest BCUT2D eigenvalue weighted by molar-refractivity contribution is 0.174. The normalized spacial score (nSPS) is 13.8. The number of hydrogen-bond donors (Lipinski definition) is 1. The van der Waals surface area contributed by atoms with Gasteiger partial charge >= 0.3 is 6.03 Å². The number of nitrogens with zero attached hydrogens (tertiary/aromatic N) is 1. The molecule has 0 fully saturated rings. The van der Waals surface area contributed by atoms with E-state index in [0.717, 1.165) is 21.2 Å². The van der Waals surface area contributed by atoms with Crippen molar-refractivity contribution >= 4 is 34.9 Å². The summed E-state index contributed by atoms with van der Waals surface area (Å²) in [5, 5.41) is 2.97. The van der Waals surface area contributed by atoms with Crippen LogP contribution in [0.3, 0.4) is 0 Å². The van der Waals surface area contributed by atoms with Crippen molar-refractivity contribution in [3.05, 3.63) is 66.7 Å². The van der Waals surface area contributed by atoms with Gasteiger partial charge in [-0.15, -0.1) is 0 Å². The Hall–Kier alpha value is -3.12. The zero-order valence-electron chi connectivity index (χ0n) is 13.6. The molecule has 0 spiro atoms. The number of fused-ring (bicyclic) bond motifs is 3. The van der Waals surface area contributed by atoms with Gasteiger partial charge in [0.15, 0.2) is 11.5 Å². The van der Waals surface area contributed by atoms with Crippen LogP contribution >= 0.6 is 11.8 Å². The largest absolute Gasteiger partial charge is 0.454 e. The first-order chi connectivity index (χ1) is 12.8. The molecule has 2 aliphatic rings. The van der Waals surface area contributed by atoms with Gasteiger partial charge in [-0.3, -0.25) is 4.90 Å². The van der Waals surface area contributed by atoms with Crippen molar-refractivity contribution < 1.29 is 14.3 Å². The molecule has 2 amide bonds. The fraction of sp³-hybridized carbons (Fsp3) is 0.0500. The topological polar surface area (TPSA) is 50.8 Å². The third-order valence-corrected chi connectivity index (χ3v) is 5.39. The smallest absolute Gasteiger partial charge is 0.331 e. The fourth-order valence-corrected chi connectivity index (χ4v) is 4.14. The van der Waals surface area contributed by atoms with Crippen molar-refractivity contribution in [2.75, 3.05) is 17.0 Å². The molecule has 0 aromatic heterocycles. The minimum atomic E-state index is -0.218. The van der Waals surface area contributed by atoms with Gasteiger partial charge in [-0.25, -0.2) is 4.79 Å². The number of para-hydroxylation sites is 2. The zero-order chi connectivity index (χ0) is 17.5. The highest BCUT2D eigenvalue weighted by atomic mass is 32.2. The summed E-state index contributed by atoms with van der Waals surface area (Å²) in [7, 11) is 0. The lowest BCUT2D eigenvalue weighted by atomic mass is 10.2. The molecular weight excluding hydrogens is 348 g/mol. The molecule has 5 nitrogen and oxygen atoms in total. The highest BCUT2D eigenvalue weighted by Crippen LogP contribution is 2.48. The Balaban J connectivity index is 1.52. The number of carbonyl (C=O) groups excluding carboxylic acids is 1. The predicted molar refractivity (Wildman–Crippen MR) is 101 cm³/mol. The van der Waals surface area contributed by atoms with E-state index in [1.807, 2.05) is 54.6 Å². The summed E-state index contributed by atoms with van der Waals surface area (Å²) in [6, 6.07) is 21.0. The maximum absolute atomic E-state index is 13.1. The molecule has 0 saturated carbocycles. The van der Waals surface area contributed by atoms with Crippen LogP contribution in [0.1, 0.15) is 0 Å². The third kappa shape index (κ3) is 2.46. The summed E-state index contributed by atoms with van der Waals surface area (Å²) >= 11 is 1.67. The third-order valence-electron chi connectivity index (χ3n) is 4.26. The Morgan fingerprint density at radius 2 is 1.54 bits per heavy atom. The average molecular weight is 362 g/mol. The van der Waals surface area contributed by atoms with Crippen LogP contribution in [-0.2, 0) is 0 Å². The van der Waals surface area contributed by atoms with Gasteiger partial charge in [0.05, 0.1) is 11.4 Å². The van der Waals surface area contributed by atoms with E-state index >= 15 is 0 Å². The van der Waals surface area contributed by atoms with Crippen LogP contribution in [0, 0.1) is 0 Å². The molecule has 0 atom stereocenters. The van der Waals surface area contributed by atoms with Crippen molar-refractivity contribution in [3.8, 4) is 11.5 Å². The number of rotatable bonds is 1. The van der Waals surface area contributed by atoms with Gasteiger partial charge in [0, 0.05) is 21.5 Å². The van der Waals surface area contributed by atoms with Crippen molar-refractivity contribution in [1.29, 1.82) is 0 Å². The number of carbonyl (C=O) groups is 1. The monoisotopic (exact) mass is 362 g/mol. The Morgan fingerprint density at radius 3 is 2.27 bits per heavy atom. The first-order valence-corrected chi connectivity index (χ1v) is 8.98. The summed E-state index contributed by atoms with van der Waals surface area (Å²) in [6.07, 6.45) is 0. The van der Waals surface area contributed by atoms with E-state index in [-0.39, 0.29) is 12.8 Å². The number of hydrogen-bond acceptors (Lipinski definition) is 4. The van der Waals surface area contributed by atoms with E-state index < -0.39 is 0 Å². The van der Waals surface area contributed by atoms with Gasteiger partial charge < -0.3 is 14.8 Å². The fourth-order valence-electron chi connectivity index (χ4n) is 3.08. The maximum atomic E-state index is 13.1. The van der Waals surface area contributed by atoms with Gasteiger partial charge in [0.1, 0.15) is 0 Å². The summed E-state index contributed by atoms with van der Waals surface area (Å²) < 4.78 is 10.7. The summed E-state index contributed by atoms with van der Waals surface area (Å²) in [4.78, 5) is 16.9. The molecule has 0 aliphatic carbocycles. The van der Waals surface area contributed by atoms with Crippen molar-refractivity contribution in [1.82, 2.24) is 0 Å². The van der Waals surface area contributed by atoms with E-state index in [2.05, 4.69) is 5.32 Å². The van der Waals surface area contributed by atoms with Crippen LogP contribution in [0.15, 0.2) is 76.5 Å². The molecule has 3 aromatic carbocycles. The molecule has 26 heavy (non-hydrogen) atoms. The first kappa shape index (κ1) is 15.2. The number of urea groups is 1. The Kier molecular flexibility index (Phi) is 3.50. The molecule has 6 heteroatoms. The molecule has 0 saturated heterocycles. The Bertz CT molecular complexity index is 976. The van der Waals surface area contributed by atoms with Crippen LogP contribution in [0.4, 0.5) is 21.9 Å². The number of benzene rings is 3. The van der Waals surface area contributed by atoms with E-state index in [1.165, 1.54) is 0 Å². The van der Waals surface area contributed by atoms with E-state index in [1.54, 1.807) is 28.8 Å². The van der Waals surface area contributed by atoms with Gasteiger partial charge in [0.2, 0.25) is 6.79 Å². The van der Waals surface area contributed by atoms with E-state index in [0.29, 0.717) is 17.2 Å². The standard InChI is InChI=1S/C20H14N2O3S/c23-20(21-13-9-10-16-17(11-13)25-12-24-16)22-14-5-1-3-7-18(14)26-19-8-4-2-6-15(19)22/h1-11H,12H2,(H,21,23). The van der Waals surface area contributed by atoms with Crippen molar-refractivity contribution in [2.24, 2.45) is 0 Å². The van der Waals surface area contributed by atoms with Crippen LogP contribution < -0.4 is 19.7 Å². The Morgan fingerprint density at radius 1 is 0.885 bits per heavy atom. The van der Waals surface area contributed by atoms with Crippen LogP contribution in [0.25, 0.3) is 0 Å². The molecular formula is C20H14N2O3S. The molecule has 128 valence electrons. The summed E-state index contributed by atoms with van der Waals surface area (Å²) in [5.41, 5.74) is 2.40. The molecule has 0 bridgehead atoms. The van der Waals surface area contributed by atoms with Crippen molar-refractivity contribution in [2.45, 2.75) is 9.79 Å².